The normalized spacial score (nSPS) is 10.4. The summed E-state index contributed by atoms with van der Waals surface area (Å²) in [6, 6.07) is 9.90. The average Bonchev–Trinajstić information content (AvgIpc) is 2.83. The monoisotopic (exact) mass is 262 g/mol. The third-order valence-corrected chi connectivity index (χ3v) is 4.06. The van der Waals surface area contributed by atoms with Gasteiger partial charge in [0.2, 0.25) is 0 Å². The summed E-state index contributed by atoms with van der Waals surface area (Å²) in [6.07, 6.45) is 0.504. The van der Waals surface area contributed by atoms with E-state index in [2.05, 4.69) is 6.92 Å². The maximum atomic E-state index is 12.0. The summed E-state index contributed by atoms with van der Waals surface area (Å²) in [5.41, 5.74) is 1.91. The summed E-state index contributed by atoms with van der Waals surface area (Å²) < 4.78 is 0. The van der Waals surface area contributed by atoms with Crippen molar-refractivity contribution in [2.24, 2.45) is 0 Å². The van der Waals surface area contributed by atoms with Crippen molar-refractivity contribution >= 4 is 28.9 Å². The lowest BCUT2D eigenvalue weighted by atomic mass is 10.1. The first-order chi connectivity index (χ1) is 8.29. The molecule has 0 saturated heterocycles. The number of thiophene rings is 1. The quantitative estimate of drug-likeness (QED) is 0.591. The second kappa shape index (κ2) is 6.03. The summed E-state index contributed by atoms with van der Waals surface area (Å²) in [6.45, 7) is 2.13. The van der Waals surface area contributed by atoms with E-state index < -0.39 is 0 Å². The number of ketones is 1. The second-order valence-electron chi connectivity index (χ2n) is 3.69. The summed E-state index contributed by atoms with van der Waals surface area (Å²) in [5.74, 6) is 1.25. The first kappa shape index (κ1) is 12.4. The van der Waals surface area contributed by atoms with Gasteiger partial charge in [0.1, 0.15) is 0 Å². The molecule has 3 heteroatoms. The lowest BCUT2D eigenvalue weighted by molar-refractivity contribution is 0.0993. The third kappa shape index (κ3) is 3.45. The minimum absolute atomic E-state index is 0.191. The Morgan fingerprint density at radius 2 is 2.00 bits per heavy atom. The highest BCUT2D eigenvalue weighted by Crippen LogP contribution is 2.18. The number of carbonyl (C=O) groups excluding carboxylic acids is 1. The van der Waals surface area contributed by atoms with Crippen LogP contribution in [0, 0.1) is 0 Å². The van der Waals surface area contributed by atoms with Gasteiger partial charge in [0.25, 0.3) is 0 Å². The van der Waals surface area contributed by atoms with E-state index in [-0.39, 0.29) is 5.78 Å². The Hall–Kier alpha value is -1.06. The average molecular weight is 262 g/mol. The van der Waals surface area contributed by atoms with Crippen molar-refractivity contribution in [1.82, 2.24) is 0 Å². The fraction of sp³-hybridized carbons (Fsp3) is 0.214. The van der Waals surface area contributed by atoms with E-state index in [0.717, 1.165) is 16.9 Å². The predicted octanol–water partition coefficient (Wildman–Crippen LogP) is 4.29. The lowest BCUT2D eigenvalue weighted by Gasteiger charge is -2.02. The Bertz CT molecular complexity index is 471. The van der Waals surface area contributed by atoms with Crippen LogP contribution in [0.4, 0.5) is 0 Å². The van der Waals surface area contributed by atoms with Crippen molar-refractivity contribution in [3.63, 3.8) is 0 Å². The minimum atomic E-state index is 0.191. The fourth-order valence-electron chi connectivity index (χ4n) is 1.58. The highest BCUT2D eigenvalue weighted by molar-refractivity contribution is 7.99. The van der Waals surface area contributed by atoms with Crippen LogP contribution < -0.4 is 0 Å². The van der Waals surface area contributed by atoms with Gasteiger partial charge in [-0.25, -0.2) is 0 Å². The molecule has 0 aliphatic heterocycles. The van der Waals surface area contributed by atoms with Gasteiger partial charge in [-0.1, -0.05) is 19.1 Å². The van der Waals surface area contributed by atoms with Crippen molar-refractivity contribution in [3.8, 4) is 0 Å². The van der Waals surface area contributed by atoms with Crippen LogP contribution in [0.3, 0.4) is 0 Å². The van der Waals surface area contributed by atoms with Gasteiger partial charge in [-0.2, -0.15) is 11.3 Å². The smallest absolute Gasteiger partial charge is 0.167 e. The van der Waals surface area contributed by atoms with Crippen molar-refractivity contribution in [2.75, 3.05) is 5.75 Å². The molecule has 1 heterocycles. The van der Waals surface area contributed by atoms with Gasteiger partial charge < -0.3 is 0 Å². The molecule has 0 spiro atoms. The molecule has 0 amide bonds. The molecule has 0 radical (unpaired) electrons. The van der Waals surface area contributed by atoms with Gasteiger partial charge in [-0.3, -0.25) is 4.79 Å². The van der Waals surface area contributed by atoms with E-state index in [9.17, 15) is 4.79 Å². The Kier molecular flexibility index (Phi) is 4.40. The molecule has 0 aliphatic rings. The molecular formula is C14H14OS2. The standard InChI is InChI=1S/C14H14OS2/c1-2-17-13-5-3-12(4-6-13)14(15)9-11-7-8-16-10-11/h3-8,10H,2,9H2,1H3. The first-order valence-corrected chi connectivity index (χ1v) is 7.49. The summed E-state index contributed by atoms with van der Waals surface area (Å²) in [7, 11) is 0. The Morgan fingerprint density at radius 1 is 1.24 bits per heavy atom. The molecule has 2 aromatic rings. The van der Waals surface area contributed by atoms with Crippen LogP contribution >= 0.6 is 23.1 Å². The summed E-state index contributed by atoms with van der Waals surface area (Å²) in [5, 5.41) is 4.03. The van der Waals surface area contributed by atoms with Gasteiger partial charge in [-0.15, -0.1) is 11.8 Å². The molecular weight excluding hydrogens is 248 g/mol. The number of rotatable bonds is 5. The van der Waals surface area contributed by atoms with E-state index in [1.165, 1.54) is 4.90 Å². The third-order valence-electron chi connectivity index (χ3n) is 2.43. The first-order valence-electron chi connectivity index (χ1n) is 5.56. The zero-order valence-corrected chi connectivity index (χ0v) is 11.3. The van der Waals surface area contributed by atoms with Crippen LogP contribution in [0.15, 0.2) is 46.0 Å². The number of hydrogen-bond acceptors (Lipinski definition) is 3. The van der Waals surface area contributed by atoms with Crippen LogP contribution in [0.25, 0.3) is 0 Å². The molecule has 0 saturated carbocycles. The fourth-order valence-corrected chi connectivity index (χ4v) is 2.91. The van der Waals surface area contributed by atoms with Gasteiger partial charge in [0, 0.05) is 16.9 Å². The molecule has 0 atom stereocenters. The number of carbonyl (C=O) groups is 1. The Labute approximate surface area is 110 Å². The SMILES string of the molecule is CCSc1ccc(C(=O)Cc2ccsc2)cc1. The van der Waals surface area contributed by atoms with Crippen LogP contribution in [-0.2, 0) is 6.42 Å². The maximum Gasteiger partial charge on any atom is 0.167 e. The number of thioether (sulfide) groups is 1. The van der Waals surface area contributed by atoms with Gasteiger partial charge in [0.05, 0.1) is 0 Å². The summed E-state index contributed by atoms with van der Waals surface area (Å²) in [4.78, 5) is 13.2. The van der Waals surface area contributed by atoms with E-state index >= 15 is 0 Å². The molecule has 0 fully saturated rings. The highest BCUT2D eigenvalue weighted by atomic mass is 32.2. The molecule has 1 aromatic heterocycles. The van der Waals surface area contributed by atoms with Crippen LogP contribution in [0.5, 0.6) is 0 Å². The number of benzene rings is 1. The largest absolute Gasteiger partial charge is 0.294 e. The van der Waals surface area contributed by atoms with Gasteiger partial charge >= 0.3 is 0 Å². The second-order valence-corrected chi connectivity index (χ2v) is 5.81. The van der Waals surface area contributed by atoms with Crippen LogP contribution in [0.1, 0.15) is 22.8 Å². The van der Waals surface area contributed by atoms with Crippen LogP contribution in [0.2, 0.25) is 0 Å². The number of hydrogen-bond donors (Lipinski definition) is 0. The molecule has 88 valence electrons. The highest BCUT2D eigenvalue weighted by Gasteiger charge is 2.07. The van der Waals surface area contributed by atoms with Gasteiger partial charge in [-0.05, 0) is 40.3 Å². The molecule has 0 aliphatic carbocycles. The van der Waals surface area contributed by atoms with Crippen LogP contribution in [-0.4, -0.2) is 11.5 Å². The van der Waals surface area contributed by atoms with E-state index in [4.69, 9.17) is 0 Å². The topological polar surface area (TPSA) is 17.1 Å². The zero-order chi connectivity index (χ0) is 12.1. The molecule has 0 bridgehead atoms. The predicted molar refractivity (Wildman–Crippen MR) is 75.2 cm³/mol. The Balaban J connectivity index is 2.04. The minimum Gasteiger partial charge on any atom is -0.294 e. The molecule has 0 unspecified atom stereocenters. The molecule has 0 N–H and O–H groups in total. The van der Waals surface area contributed by atoms with Crippen molar-refractivity contribution in [3.05, 3.63) is 52.2 Å². The zero-order valence-electron chi connectivity index (χ0n) is 9.68. The molecule has 17 heavy (non-hydrogen) atoms. The van der Waals surface area contributed by atoms with E-state index in [0.29, 0.717) is 6.42 Å². The molecule has 1 nitrogen and oxygen atoms in total. The van der Waals surface area contributed by atoms with E-state index in [1.807, 2.05) is 41.1 Å². The maximum absolute atomic E-state index is 12.0. The molecule has 1 aromatic carbocycles. The van der Waals surface area contributed by atoms with Crippen molar-refractivity contribution in [1.29, 1.82) is 0 Å². The molecule has 2 rings (SSSR count). The van der Waals surface area contributed by atoms with Crippen molar-refractivity contribution < 1.29 is 4.79 Å². The van der Waals surface area contributed by atoms with E-state index in [1.54, 1.807) is 23.1 Å². The lowest BCUT2D eigenvalue weighted by Crippen LogP contribution is -2.02. The Morgan fingerprint density at radius 3 is 2.59 bits per heavy atom. The number of Topliss-reactive ketones (excluding diaryl/α,β-unsaturated/α-hetero) is 1. The van der Waals surface area contributed by atoms with Crippen molar-refractivity contribution in [2.45, 2.75) is 18.2 Å². The van der Waals surface area contributed by atoms with Gasteiger partial charge in [0.15, 0.2) is 5.78 Å². The summed E-state index contributed by atoms with van der Waals surface area (Å²) >= 11 is 3.42.